The predicted octanol–water partition coefficient (Wildman–Crippen LogP) is 3.02. The average molecular weight is 356 g/mol. The summed E-state index contributed by atoms with van der Waals surface area (Å²) in [6, 6.07) is 10.6. The van der Waals surface area contributed by atoms with Crippen molar-refractivity contribution in [3.8, 4) is 5.88 Å². The fraction of sp³-hybridized carbons (Fsp3) is 0.316. The van der Waals surface area contributed by atoms with Crippen LogP contribution < -0.4 is 4.74 Å². The molecule has 1 aromatic heterocycles. The number of pyridine rings is 1. The second kappa shape index (κ2) is 5.97. The van der Waals surface area contributed by atoms with Crippen LogP contribution in [-0.2, 0) is 10.0 Å². The molecule has 0 radical (unpaired) electrons. The first-order valence-electron chi connectivity index (χ1n) is 8.33. The quantitative estimate of drug-likeness (QED) is 0.845. The normalized spacial score (nSPS) is 22.9. The number of sulfonamides is 1. The van der Waals surface area contributed by atoms with Gasteiger partial charge in [0.05, 0.1) is 18.0 Å². The van der Waals surface area contributed by atoms with E-state index in [-0.39, 0.29) is 12.1 Å². The first-order chi connectivity index (χ1) is 12.0. The summed E-state index contributed by atoms with van der Waals surface area (Å²) < 4.78 is 33.0. The highest BCUT2D eigenvalue weighted by molar-refractivity contribution is 7.89. The van der Waals surface area contributed by atoms with Crippen LogP contribution in [-0.4, -0.2) is 36.9 Å². The molecule has 4 rings (SSSR count). The molecule has 2 aliphatic rings. The highest BCUT2D eigenvalue weighted by Crippen LogP contribution is 2.44. The zero-order valence-electron chi connectivity index (χ0n) is 14.2. The Morgan fingerprint density at radius 2 is 1.88 bits per heavy atom. The van der Waals surface area contributed by atoms with Gasteiger partial charge in [0.2, 0.25) is 15.9 Å². The van der Waals surface area contributed by atoms with E-state index in [1.165, 1.54) is 0 Å². The van der Waals surface area contributed by atoms with Gasteiger partial charge in [-0.05, 0) is 49.1 Å². The third-order valence-corrected chi connectivity index (χ3v) is 6.92. The highest BCUT2D eigenvalue weighted by atomic mass is 32.2. The smallest absolute Gasteiger partial charge is 0.244 e. The van der Waals surface area contributed by atoms with Gasteiger partial charge in [-0.2, -0.15) is 4.31 Å². The fourth-order valence-electron chi connectivity index (χ4n) is 3.72. The summed E-state index contributed by atoms with van der Waals surface area (Å²) in [6.45, 7) is 1.95. The van der Waals surface area contributed by atoms with Gasteiger partial charge in [0, 0.05) is 18.3 Å². The van der Waals surface area contributed by atoms with Crippen LogP contribution in [0.5, 0.6) is 5.88 Å². The van der Waals surface area contributed by atoms with Gasteiger partial charge < -0.3 is 4.74 Å². The lowest BCUT2D eigenvalue weighted by atomic mass is 9.94. The predicted molar refractivity (Wildman–Crippen MR) is 95.8 cm³/mol. The van der Waals surface area contributed by atoms with E-state index in [0.29, 0.717) is 10.8 Å². The molecule has 1 saturated heterocycles. The van der Waals surface area contributed by atoms with E-state index in [2.05, 4.69) is 11.1 Å². The van der Waals surface area contributed by atoms with E-state index in [1.807, 2.05) is 25.1 Å². The minimum absolute atomic E-state index is 0.0756. The van der Waals surface area contributed by atoms with Gasteiger partial charge >= 0.3 is 0 Å². The molecule has 2 aromatic rings. The summed E-state index contributed by atoms with van der Waals surface area (Å²) in [5, 5.41) is 0. The number of aryl methyl sites for hydroxylation is 1. The van der Waals surface area contributed by atoms with Gasteiger partial charge in [0.25, 0.3) is 0 Å². The number of rotatable bonds is 4. The van der Waals surface area contributed by atoms with E-state index in [1.54, 1.807) is 35.8 Å². The Morgan fingerprint density at radius 1 is 1.12 bits per heavy atom. The Hall–Kier alpha value is -2.18. The summed E-state index contributed by atoms with van der Waals surface area (Å²) in [7, 11) is -1.93. The van der Waals surface area contributed by atoms with Crippen LogP contribution in [0.25, 0.3) is 5.57 Å². The van der Waals surface area contributed by atoms with Gasteiger partial charge in [-0.25, -0.2) is 13.4 Å². The molecule has 1 aromatic carbocycles. The molecule has 0 amide bonds. The molecule has 0 N–H and O–H groups in total. The zero-order valence-corrected chi connectivity index (χ0v) is 15.0. The van der Waals surface area contributed by atoms with Crippen LogP contribution in [0.1, 0.15) is 24.0 Å². The van der Waals surface area contributed by atoms with Crippen molar-refractivity contribution < 1.29 is 13.2 Å². The maximum Gasteiger partial charge on any atom is 0.244 e. The standard InChI is InChI=1S/C19H20N2O3S/c1-13-3-7-16(8-4-13)25(22,23)21-15-6-9-18(21)17(11-15)14-5-10-19(24-2)20-12-14/h3-5,7-8,10-12,15,18H,6,9H2,1-2H3/t15-,18+/m0/s1. The second-order valence-corrected chi connectivity index (χ2v) is 8.36. The van der Waals surface area contributed by atoms with E-state index in [0.717, 1.165) is 29.5 Å². The number of fused-ring (bicyclic) bond motifs is 2. The SMILES string of the molecule is COc1ccc(C2=C[C@@H]3CC[C@H]2N3S(=O)(=O)c2ccc(C)cc2)cn1. The molecule has 2 bridgehead atoms. The molecule has 6 heteroatoms. The summed E-state index contributed by atoms with van der Waals surface area (Å²) in [5.74, 6) is 0.552. The van der Waals surface area contributed by atoms with Crippen LogP contribution in [0.2, 0.25) is 0 Å². The van der Waals surface area contributed by atoms with Gasteiger partial charge in [0.1, 0.15) is 0 Å². The molecule has 0 aliphatic carbocycles. The minimum Gasteiger partial charge on any atom is -0.481 e. The number of benzene rings is 1. The Kier molecular flexibility index (Phi) is 3.89. The summed E-state index contributed by atoms with van der Waals surface area (Å²) in [6.07, 6.45) is 5.53. The van der Waals surface area contributed by atoms with Crippen LogP contribution in [0.4, 0.5) is 0 Å². The zero-order chi connectivity index (χ0) is 17.6. The van der Waals surface area contributed by atoms with Gasteiger partial charge in [0.15, 0.2) is 0 Å². The Morgan fingerprint density at radius 3 is 2.52 bits per heavy atom. The second-order valence-electron chi connectivity index (χ2n) is 6.52. The molecule has 0 saturated carbocycles. The molecule has 0 unspecified atom stereocenters. The van der Waals surface area contributed by atoms with E-state index >= 15 is 0 Å². The molecule has 5 nitrogen and oxygen atoms in total. The lowest BCUT2D eigenvalue weighted by molar-refractivity contribution is 0.397. The van der Waals surface area contributed by atoms with Crippen LogP contribution in [0, 0.1) is 6.92 Å². The lowest BCUT2D eigenvalue weighted by Gasteiger charge is -2.23. The molecular formula is C19H20N2O3S. The van der Waals surface area contributed by atoms with Crippen LogP contribution in [0.3, 0.4) is 0 Å². The molecule has 2 aliphatic heterocycles. The van der Waals surface area contributed by atoms with Crippen LogP contribution >= 0.6 is 0 Å². The summed E-state index contributed by atoms with van der Waals surface area (Å²) in [4.78, 5) is 4.61. The maximum absolute atomic E-state index is 13.1. The minimum atomic E-state index is -3.51. The number of hydrogen-bond donors (Lipinski definition) is 0. The summed E-state index contributed by atoms with van der Waals surface area (Å²) in [5.41, 5.74) is 3.05. The van der Waals surface area contributed by atoms with E-state index in [9.17, 15) is 8.42 Å². The van der Waals surface area contributed by atoms with Crippen LogP contribution in [0.15, 0.2) is 53.6 Å². The van der Waals surface area contributed by atoms with Crippen molar-refractivity contribution in [2.75, 3.05) is 7.11 Å². The first-order valence-corrected chi connectivity index (χ1v) is 9.77. The highest BCUT2D eigenvalue weighted by Gasteiger charge is 2.47. The molecule has 1 fully saturated rings. The molecule has 130 valence electrons. The third kappa shape index (κ3) is 2.65. The number of nitrogens with zero attached hydrogens (tertiary/aromatic N) is 2. The molecular weight excluding hydrogens is 336 g/mol. The van der Waals surface area contributed by atoms with Crippen molar-refractivity contribution in [1.29, 1.82) is 0 Å². The van der Waals surface area contributed by atoms with Crippen molar-refractivity contribution in [3.05, 3.63) is 59.8 Å². The average Bonchev–Trinajstić information content (AvgIpc) is 3.21. The van der Waals surface area contributed by atoms with Crippen molar-refractivity contribution in [1.82, 2.24) is 9.29 Å². The lowest BCUT2D eigenvalue weighted by Crippen LogP contribution is -2.36. The number of hydrogen-bond acceptors (Lipinski definition) is 4. The molecule has 3 heterocycles. The van der Waals surface area contributed by atoms with Crippen molar-refractivity contribution in [2.24, 2.45) is 0 Å². The molecule has 25 heavy (non-hydrogen) atoms. The number of methoxy groups -OCH3 is 1. The summed E-state index contributed by atoms with van der Waals surface area (Å²) >= 11 is 0. The van der Waals surface area contributed by atoms with E-state index in [4.69, 9.17) is 4.74 Å². The molecule has 2 atom stereocenters. The largest absolute Gasteiger partial charge is 0.481 e. The fourth-order valence-corrected chi connectivity index (χ4v) is 5.52. The Balaban J connectivity index is 1.67. The first kappa shape index (κ1) is 16.3. The Labute approximate surface area is 148 Å². The van der Waals surface area contributed by atoms with E-state index < -0.39 is 10.0 Å². The monoisotopic (exact) mass is 356 g/mol. The topological polar surface area (TPSA) is 59.5 Å². The number of aromatic nitrogens is 1. The van der Waals surface area contributed by atoms with Gasteiger partial charge in [-0.15, -0.1) is 0 Å². The van der Waals surface area contributed by atoms with Gasteiger partial charge in [-0.3, -0.25) is 0 Å². The third-order valence-electron chi connectivity index (χ3n) is 4.98. The van der Waals surface area contributed by atoms with Crippen molar-refractivity contribution >= 4 is 15.6 Å². The van der Waals surface area contributed by atoms with Gasteiger partial charge in [-0.1, -0.05) is 23.8 Å². The maximum atomic E-state index is 13.1. The van der Waals surface area contributed by atoms with Crippen molar-refractivity contribution in [3.63, 3.8) is 0 Å². The Bertz CT molecular complexity index is 918. The van der Waals surface area contributed by atoms with Crippen molar-refractivity contribution in [2.45, 2.75) is 36.7 Å². The number of ether oxygens (including phenoxy) is 1. The molecule has 0 spiro atoms.